The molecule has 2 rings (SSSR count). The van der Waals surface area contributed by atoms with Crippen LogP contribution in [0.2, 0.25) is 0 Å². The van der Waals surface area contributed by atoms with Crippen LogP contribution in [0.25, 0.3) is 0 Å². The number of carboxylic acid groups (broad SMARTS) is 1. The van der Waals surface area contributed by atoms with Crippen molar-refractivity contribution in [3.05, 3.63) is 29.6 Å². The summed E-state index contributed by atoms with van der Waals surface area (Å²) in [4.78, 5) is 10.9. The maximum atomic E-state index is 13.5. The second kappa shape index (κ2) is 4.51. The number of ether oxygens (including phenoxy) is 1. The molecule has 16 heavy (non-hydrogen) atoms. The van der Waals surface area contributed by atoms with E-state index in [0.717, 1.165) is 25.7 Å². The molecule has 0 saturated heterocycles. The fourth-order valence-electron chi connectivity index (χ4n) is 1.97. The van der Waals surface area contributed by atoms with Gasteiger partial charge in [0, 0.05) is 0 Å². The molecule has 1 fully saturated rings. The van der Waals surface area contributed by atoms with E-state index in [4.69, 9.17) is 9.84 Å². The highest BCUT2D eigenvalue weighted by Crippen LogP contribution is 2.28. The van der Waals surface area contributed by atoms with Gasteiger partial charge in [0.1, 0.15) is 5.56 Å². The van der Waals surface area contributed by atoms with Gasteiger partial charge in [0.05, 0.1) is 6.10 Å². The van der Waals surface area contributed by atoms with Crippen molar-refractivity contribution < 1.29 is 19.0 Å². The Hall–Kier alpha value is -1.58. The molecule has 1 aliphatic carbocycles. The lowest BCUT2D eigenvalue weighted by Crippen LogP contribution is -2.14. The minimum absolute atomic E-state index is 0.0463. The lowest BCUT2D eigenvalue weighted by Gasteiger charge is -2.15. The van der Waals surface area contributed by atoms with Crippen molar-refractivity contribution in [3.63, 3.8) is 0 Å². The fourth-order valence-corrected chi connectivity index (χ4v) is 1.97. The molecule has 0 atom stereocenters. The van der Waals surface area contributed by atoms with Crippen LogP contribution in [-0.4, -0.2) is 17.2 Å². The van der Waals surface area contributed by atoms with Crippen molar-refractivity contribution in [2.24, 2.45) is 0 Å². The molecule has 86 valence electrons. The lowest BCUT2D eigenvalue weighted by atomic mass is 10.2. The van der Waals surface area contributed by atoms with E-state index < -0.39 is 11.8 Å². The zero-order valence-corrected chi connectivity index (χ0v) is 8.78. The van der Waals surface area contributed by atoms with E-state index in [0.29, 0.717) is 0 Å². The monoisotopic (exact) mass is 224 g/mol. The van der Waals surface area contributed by atoms with Gasteiger partial charge in [0.15, 0.2) is 11.6 Å². The van der Waals surface area contributed by atoms with Crippen LogP contribution in [0.5, 0.6) is 5.75 Å². The topological polar surface area (TPSA) is 46.5 Å². The molecule has 1 aromatic carbocycles. The number of benzene rings is 1. The Morgan fingerprint density at radius 1 is 1.38 bits per heavy atom. The summed E-state index contributed by atoms with van der Waals surface area (Å²) in [5.41, 5.74) is -0.105. The number of hydrogen-bond donors (Lipinski definition) is 1. The second-order valence-electron chi connectivity index (χ2n) is 3.95. The van der Waals surface area contributed by atoms with Gasteiger partial charge >= 0.3 is 5.97 Å². The van der Waals surface area contributed by atoms with E-state index in [2.05, 4.69) is 0 Å². The van der Waals surface area contributed by atoms with Gasteiger partial charge in [-0.25, -0.2) is 9.18 Å². The number of rotatable bonds is 3. The molecule has 0 amide bonds. The zero-order valence-electron chi connectivity index (χ0n) is 8.78. The predicted octanol–water partition coefficient (Wildman–Crippen LogP) is 2.85. The molecule has 0 spiro atoms. The van der Waals surface area contributed by atoms with E-state index in [1.807, 2.05) is 0 Å². The number of hydrogen-bond acceptors (Lipinski definition) is 2. The van der Waals surface area contributed by atoms with Crippen molar-refractivity contribution in [1.29, 1.82) is 0 Å². The maximum absolute atomic E-state index is 13.5. The summed E-state index contributed by atoms with van der Waals surface area (Å²) in [5, 5.41) is 8.92. The van der Waals surface area contributed by atoms with Gasteiger partial charge in [0.2, 0.25) is 0 Å². The Morgan fingerprint density at radius 3 is 2.69 bits per heavy atom. The summed E-state index contributed by atoms with van der Waals surface area (Å²) in [5.74, 6) is -1.89. The first-order chi connectivity index (χ1) is 7.68. The Balaban J connectivity index is 2.26. The summed E-state index contributed by atoms with van der Waals surface area (Å²) >= 11 is 0. The summed E-state index contributed by atoms with van der Waals surface area (Å²) in [6.45, 7) is 0. The molecule has 3 nitrogen and oxygen atoms in total. The molecule has 0 aliphatic heterocycles. The third kappa shape index (κ3) is 2.15. The Kier molecular flexibility index (Phi) is 3.08. The van der Waals surface area contributed by atoms with Gasteiger partial charge in [-0.3, -0.25) is 0 Å². The largest absolute Gasteiger partial charge is 0.486 e. The maximum Gasteiger partial charge on any atom is 0.339 e. The van der Waals surface area contributed by atoms with Gasteiger partial charge in [-0.1, -0.05) is 6.07 Å². The minimum atomic E-state index is -1.16. The van der Waals surface area contributed by atoms with Gasteiger partial charge in [-0.15, -0.1) is 0 Å². The number of aromatic carboxylic acids is 1. The van der Waals surface area contributed by atoms with Crippen molar-refractivity contribution in [3.8, 4) is 5.75 Å². The Morgan fingerprint density at radius 2 is 2.06 bits per heavy atom. The smallest absolute Gasteiger partial charge is 0.339 e. The van der Waals surface area contributed by atoms with E-state index in [-0.39, 0.29) is 17.4 Å². The molecule has 1 aromatic rings. The van der Waals surface area contributed by atoms with E-state index in [9.17, 15) is 9.18 Å². The molecule has 0 bridgehead atoms. The third-order valence-corrected chi connectivity index (χ3v) is 2.78. The van der Waals surface area contributed by atoms with Crippen molar-refractivity contribution in [1.82, 2.24) is 0 Å². The molecule has 0 heterocycles. The molecular weight excluding hydrogens is 211 g/mol. The second-order valence-corrected chi connectivity index (χ2v) is 3.95. The van der Waals surface area contributed by atoms with Crippen LogP contribution >= 0.6 is 0 Å². The molecule has 4 heteroatoms. The quantitative estimate of drug-likeness (QED) is 0.858. The minimum Gasteiger partial charge on any atom is -0.486 e. The summed E-state index contributed by atoms with van der Waals surface area (Å²) in [7, 11) is 0. The number of carbonyl (C=O) groups is 1. The van der Waals surface area contributed by atoms with Crippen LogP contribution in [0.4, 0.5) is 4.39 Å². The first kappa shape index (κ1) is 10.9. The zero-order chi connectivity index (χ0) is 11.5. The number of para-hydroxylation sites is 1. The van der Waals surface area contributed by atoms with E-state index in [1.54, 1.807) is 0 Å². The average Bonchev–Trinajstić information content (AvgIpc) is 2.73. The highest BCUT2D eigenvalue weighted by molar-refractivity contribution is 5.90. The average molecular weight is 224 g/mol. The number of halogens is 1. The number of carboxylic acids is 1. The SMILES string of the molecule is O=C(O)c1cccc(F)c1OC1CCCC1. The standard InChI is InChI=1S/C12H13FO3/c13-10-7-3-6-9(12(14)15)11(10)16-8-4-1-2-5-8/h3,6-8H,1-2,4-5H2,(H,14,15). The molecule has 1 saturated carbocycles. The van der Waals surface area contributed by atoms with Crippen LogP contribution in [0.15, 0.2) is 18.2 Å². The first-order valence-electron chi connectivity index (χ1n) is 5.37. The van der Waals surface area contributed by atoms with Crippen LogP contribution in [0.1, 0.15) is 36.0 Å². The van der Waals surface area contributed by atoms with Crippen LogP contribution in [-0.2, 0) is 0 Å². The molecule has 0 unspecified atom stereocenters. The molecule has 0 aromatic heterocycles. The van der Waals surface area contributed by atoms with Crippen LogP contribution < -0.4 is 4.74 Å². The Bertz CT molecular complexity index is 397. The van der Waals surface area contributed by atoms with Crippen molar-refractivity contribution >= 4 is 5.97 Å². The van der Waals surface area contributed by atoms with Crippen LogP contribution in [0.3, 0.4) is 0 Å². The normalized spacial score (nSPS) is 16.3. The Labute approximate surface area is 92.9 Å². The van der Waals surface area contributed by atoms with Gasteiger partial charge in [-0.2, -0.15) is 0 Å². The van der Waals surface area contributed by atoms with Gasteiger partial charge in [-0.05, 0) is 37.8 Å². The van der Waals surface area contributed by atoms with Gasteiger partial charge < -0.3 is 9.84 Å². The summed E-state index contributed by atoms with van der Waals surface area (Å²) in [6, 6.07) is 3.95. The fraction of sp³-hybridized carbons (Fsp3) is 0.417. The molecule has 1 aliphatic rings. The van der Waals surface area contributed by atoms with Crippen LogP contribution in [0, 0.1) is 5.82 Å². The highest BCUT2D eigenvalue weighted by Gasteiger charge is 2.22. The van der Waals surface area contributed by atoms with Crippen molar-refractivity contribution in [2.45, 2.75) is 31.8 Å². The first-order valence-corrected chi connectivity index (χ1v) is 5.37. The third-order valence-electron chi connectivity index (χ3n) is 2.78. The molecule has 1 N–H and O–H groups in total. The summed E-state index contributed by atoms with van der Waals surface area (Å²) in [6.07, 6.45) is 3.80. The predicted molar refractivity (Wildman–Crippen MR) is 56.2 cm³/mol. The van der Waals surface area contributed by atoms with Crippen molar-refractivity contribution in [2.75, 3.05) is 0 Å². The van der Waals surface area contributed by atoms with E-state index in [1.165, 1.54) is 18.2 Å². The lowest BCUT2D eigenvalue weighted by molar-refractivity contribution is 0.0687. The van der Waals surface area contributed by atoms with E-state index >= 15 is 0 Å². The molecular formula is C12H13FO3. The highest BCUT2D eigenvalue weighted by atomic mass is 19.1. The molecule has 0 radical (unpaired) electrons. The van der Waals surface area contributed by atoms with Gasteiger partial charge in [0.25, 0.3) is 0 Å². The summed E-state index contributed by atoms with van der Waals surface area (Å²) < 4.78 is 18.9.